The summed E-state index contributed by atoms with van der Waals surface area (Å²) in [5.41, 5.74) is 1.29. The molecule has 24 heavy (non-hydrogen) atoms. The maximum absolute atomic E-state index is 12.6. The van der Waals surface area contributed by atoms with E-state index in [2.05, 4.69) is 12.2 Å². The standard InChI is InChI=1S/C18H27N3O2.ClH/c1-4-11-20(5-2)17(22)15-6-8-16(9-7-15)18(23)21-12-10-19-13-14(21)3;/h6-9,14,19H,4-5,10-13H2,1-3H3;1H/t14-;/m0./s1. The molecule has 0 bridgehead atoms. The molecule has 1 saturated heterocycles. The molecule has 0 spiro atoms. The van der Waals surface area contributed by atoms with Gasteiger partial charge in [0.05, 0.1) is 0 Å². The summed E-state index contributed by atoms with van der Waals surface area (Å²) < 4.78 is 0. The van der Waals surface area contributed by atoms with Gasteiger partial charge in [-0.1, -0.05) is 6.92 Å². The molecule has 1 aromatic rings. The molecule has 0 aromatic heterocycles. The van der Waals surface area contributed by atoms with Gasteiger partial charge >= 0.3 is 0 Å². The molecule has 1 aromatic carbocycles. The first-order valence-corrected chi connectivity index (χ1v) is 8.49. The van der Waals surface area contributed by atoms with Gasteiger partial charge in [0.1, 0.15) is 0 Å². The summed E-state index contributed by atoms with van der Waals surface area (Å²) in [7, 11) is 0. The minimum atomic E-state index is 0. The minimum absolute atomic E-state index is 0. The number of carbonyl (C=O) groups is 2. The SMILES string of the molecule is CCCN(CC)C(=O)c1ccc(C(=O)N2CCNC[C@@H]2C)cc1.Cl. The fourth-order valence-electron chi connectivity index (χ4n) is 2.92. The first-order chi connectivity index (χ1) is 11.1. The maximum Gasteiger partial charge on any atom is 0.254 e. The summed E-state index contributed by atoms with van der Waals surface area (Å²) in [6, 6.07) is 7.26. The van der Waals surface area contributed by atoms with Crippen molar-refractivity contribution in [2.24, 2.45) is 0 Å². The van der Waals surface area contributed by atoms with Gasteiger partial charge in [0.25, 0.3) is 11.8 Å². The number of amides is 2. The molecule has 1 atom stereocenters. The first-order valence-electron chi connectivity index (χ1n) is 8.49. The molecule has 0 saturated carbocycles. The summed E-state index contributed by atoms with van der Waals surface area (Å²) >= 11 is 0. The van der Waals surface area contributed by atoms with Crippen LogP contribution in [0.15, 0.2) is 24.3 Å². The Balaban J connectivity index is 0.00000288. The highest BCUT2D eigenvalue weighted by Crippen LogP contribution is 2.13. The van der Waals surface area contributed by atoms with Gasteiger partial charge in [0, 0.05) is 49.9 Å². The Hall–Kier alpha value is -1.59. The lowest BCUT2D eigenvalue weighted by Gasteiger charge is -2.34. The Morgan fingerprint density at radius 3 is 2.38 bits per heavy atom. The third-order valence-electron chi connectivity index (χ3n) is 4.30. The third-order valence-corrected chi connectivity index (χ3v) is 4.30. The number of halogens is 1. The molecule has 2 amide bonds. The molecule has 134 valence electrons. The highest BCUT2D eigenvalue weighted by Gasteiger charge is 2.24. The zero-order valence-corrected chi connectivity index (χ0v) is 15.6. The smallest absolute Gasteiger partial charge is 0.254 e. The van der Waals surface area contributed by atoms with Gasteiger partial charge in [-0.3, -0.25) is 9.59 Å². The van der Waals surface area contributed by atoms with Crippen molar-refractivity contribution in [3.8, 4) is 0 Å². The lowest BCUT2D eigenvalue weighted by molar-refractivity contribution is 0.0654. The fourth-order valence-corrected chi connectivity index (χ4v) is 2.92. The monoisotopic (exact) mass is 353 g/mol. The van der Waals surface area contributed by atoms with E-state index >= 15 is 0 Å². The van der Waals surface area contributed by atoms with Crippen LogP contribution >= 0.6 is 12.4 Å². The van der Waals surface area contributed by atoms with E-state index in [9.17, 15) is 9.59 Å². The highest BCUT2D eigenvalue weighted by atomic mass is 35.5. The van der Waals surface area contributed by atoms with E-state index in [-0.39, 0.29) is 30.3 Å². The zero-order chi connectivity index (χ0) is 16.8. The molecule has 1 fully saturated rings. The number of hydrogen-bond acceptors (Lipinski definition) is 3. The summed E-state index contributed by atoms with van der Waals surface area (Å²) in [4.78, 5) is 28.7. The van der Waals surface area contributed by atoms with Crippen LogP contribution in [0.5, 0.6) is 0 Å². The van der Waals surface area contributed by atoms with Crippen LogP contribution in [-0.4, -0.2) is 60.4 Å². The number of hydrogen-bond donors (Lipinski definition) is 1. The Bertz CT molecular complexity index is 548. The molecule has 0 aliphatic carbocycles. The van der Waals surface area contributed by atoms with E-state index in [0.29, 0.717) is 17.7 Å². The van der Waals surface area contributed by atoms with Crippen LogP contribution < -0.4 is 5.32 Å². The minimum Gasteiger partial charge on any atom is -0.339 e. The second-order valence-electron chi connectivity index (χ2n) is 6.01. The van der Waals surface area contributed by atoms with E-state index in [0.717, 1.165) is 32.6 Å². The Kier molecular flexibility index (Phi) is 8.22. The molecule has 1 aliphatic rings. The normalized spacial score (nSPS) is 17.1. The molecule has 6 heteroatoms. The van der Waals surface area contributed by atoms with Crippen molar-refractivity contribution < 1.29 is 9.59 Å². The summed E-state index contributed by atoms with van der Waals surface area (Å²) in [6.45, 7) is 9.93. The topological polar surface area (TPSA) is 52.7 Å². The molecule has 0 radical (unpaired) electrons. The molecule has 2 rings (SSSR count). The average Bonchev–Trinajstić information content (AvgIpc) is 2.59. The average molecular weight is 354 g/mol. The fraction of sp³-hybridized carbons (Fsp3) is 0.556. The van der Waals surface area contributed by atoms with Crippen LogP contribution in [0, 0.1) is 0 Å². The lowest BCUT2D eigenvalue weighted by Crippen LogP contribution is -2.52. The number of nitrogens with one attached hydrogen (secondary N) is 1. The van der Waals surface area contributed by atoms with E-state index in [1.807, 2.05) is 23.6 Å². The predicted molar refractivity (Wildman–Crippen MR) is 98.9 cm³/mol. The van der Waals surface area contributed by atoms with Gasteiger partial charge < -0.3 is 15.1 Å². The summed E-state index contributed by atoms with van der Waals surface area (Å²) in [6.07, 6.45) is 0.942. The second kappa shape index (κ2) is 9.64. The number of carbonyl (C=O) groups excluding carboxylic acids is 2. The van der Waals surface area contributed by atoms with Gasteiger partial charge in [0.2, 0.25) is 0 Å². The Labute approximate surface area is 150 Å². The van der Waals surface area contributed by atoms with E-state index < -0.39 is 0 Å². The number of benzene rings is 1. The van der Waals surface area contributed by atoms with E-state index in [1.165, 1.54) is 0 Å². The van der Waals surface area contributed by atoms with Gasteiger partial charge in [-0.2, -0.15) is 0 Å². The van der Waals surface area contributed by atoms with Crippen molar-refractivity contribution >= 4 is 24.2 Å². The van der Waals surface area contributed by atoms with Crippen LogP contribution in [0.4, 0.5) is 0 Å². The van der Waals surface area contributed by atoms with Crippen LogP contribution in [0.25, 0.3) is 0 Å². The largest absolute Gasteiger partial charge is 0.339 e. The summed E-state index contributed by atoms with van der Waals surface area (Å²) in [5, 5.41) is 3.28. The van der Waals surface area contributed by atoms with Crippen molar-refractivity contribution in [3.63, 3.8) is 0 Å². The van der Waals surface area contributed by atoms with Crippen molar-refractivity contribution in [2.75, 3.05) is 32.7 Å². The number of rotatable bonds is 5. The van der Waals surface area contributed by atoms with Gasteiger partial charge in [-0.15, -0.1) is 12.4 Å². The predicted octanol–water partition coefficient (Wildman–Crippen LogP) is 2.41. The van der Waals surface area contributed by atoms with Crippen LogP contribution in [0.1, 0.15) is 47.9 Å². The lowest BCUT2D eigenvalue weighted by atomic mass is 10.1. The van der Waals surface area contributed by atoms with Crippen molar-refractivity contribution in [2.45, 2.75) is 33.2 Å². The van der Waals surface area contributed by atoms with Crippen molar-refractivity contribution in [3.05, 3.63) is 35.4 Å². The maximum atomic E-state index is 12.6. The third kappa shape index (κ3) is 4.71. The molecule has 1 aliphatic heterocycles. The van der Waals surface area contributed by atoms with E-state index in [4.69, 9.17) is 0 Å². The molecule has 0 unspecified atom stereocenters. The highest BCUT2D eigenvalue weighted by molar-refractivity contribution is 5.98. The Morgan fingerprint density at radius 1 is 1.21 bits per heavy atom. The number of nitrogens with zero attached hydrogens (tertiary/aromatic N) is 2. The Morgan fingerprint density at radius 2 is 1.83 bits per heavy atom. The zero-order valence-electron chi connectivity index (χ0n) is 14.7. The van der Waals surface area contributed by atoms with Crippen LogP contribution in [0.2, 0.25) is 0 Å². The second-order valence-corrected chi connectivity index (χ2v) is 6.01. The molecular formula is C18H28ClN3O2. The molecular weight excluding hydrogens is 326 g/mol. The summed E-state index contributed by atoms with van der Waals surface area (Å²) in [5.74, 6) is 0.0720. The van der Waals surface area contributed by atoms with Crippen LogP contribution in [-0.2, 0) is 0 Å². The quantitative estimate of drug-likeness (QED) is 0.884. The van der Waals surface area contributed by atoms with Crippen molar-refractivity contribution in [1.29, 1.82) is 0 Å². The van der Waals surface area contributed by atoms with Gasteiger partial charge in [-0.25, -0.2) is 0 Å². The number of piperazine rings is 1. The first kappa shape index (κ1) is 20.5. The van der Waals surface area contributed by atoms with Crippen molar-refractivity contribution in [1.82, 2.24) is 15.1 Å². The van der Waals surface area contributed by atoms with Crippen LogP contribution in [0.3, 0.4) is 0 Å². The van der Waals surface area contributed by atoms with E-state index in [1.54, 1.807) is 24.3 Å². The molecule has 1 heterocycles. The molecule has 5 nitrogen and oxygen atoms in total. The molecule has 1 N–H and O–H groups in total. The van der Waals surface area contributed by atoms with Gasteiger partial charge in [0.15, 0.2) is 0 Å². The van der Waals surface area contributed by atoms with Gasteiger partial charge in [-0.05, 0) is 44.5 Å².